The molecule has 0 unspecified atom stereocenters. The van der Waals surface area contributed by atoms with E-state index in [1.165, 1.54) is 17.0 Å². The van der Waals surface area contributed by atoms with Crippen molar-refractivity contribution < 1.29 is 39.3 Å². The average molecular weight is 635 g/mol. The van der Waals surface area contributed by atoms with Crippen LogP contribution in [0.1, 0.15) is 51.5 Å². The molecule has 0 bridgehead atoms. The number of rotatable bonds is 17. The first kappa shape index (κ1) is 36.8. The van der Waals surface area contributed by atoms with E-state index in [1.54, 1.807) is 12.1 Å². The van der Waals surface area contributed by atoms with Crippen molar-refractivity contribution in [3.63, 3.8) is 0 Å². The Kier molecular flexibility index (Phi) is 14.5. The van der Waals surface area contributed by atoms with Crippen molar-refractivity contribution in [2.24, 2.45) is 28.1 Å². The first-order valence-corrected chi connectivity index (χ1v) is 14.9. The van der Waals surface area contributed by atoms with E-state index in [4.69, 9.17) is 17.2 Å². The number of likely N-dealkylation sites (tertiary alicyclic amines) is 1. The normalized spacial score (nSPS) is 17.1. The van der Waals surface area contributed by atoms with Crippen LogP contribution in [0.3, 0.4) is 0 Å². The summed E-state index contributed by atoms with van der Waals surface area (Å²) in [7, 11) is 0. The van der Waals surface area contributed by atoms with Crippen LogP contribution in [0.15, 0.2) is 29.3 Å². The van der Waals surface area contributed by atoms with Crippen molar-refractivity contribution in [3.05, 3.63) is 29.8 Å². The Balaban J connectivity index is 2.24. The smallest absolute Gasteiger partial charge is 0.328 e. The molecule has 250 valence electrons. The second kappa shape index (κ2) is 17.8. The molecule has 2 rings (SSSR count). The van der Waals surface area contributed by atoms with Crippen LogP contribution in [0, 0.1) is 5.92 Å². The zero-order chi connectivity index (χ0) is 33.7. The molecule has 0 aromatic heterocycles. The summed E-state index contributed by atoms with van der Waals surface area (Å²) >= 11 is 0. The van der Waals surface area contributed by atoms with E-state index in [9.17, 15) is 39.3 Å². The average Bonchev–Trinajstić information content (AvgIpc) is 3.47. The number of guanidine groups is 1. The number of aliphatic carboxylic acids is 1. The fraction of sp³-hybridized carbons (Fsp3) is 0.586. The first-order chi connectivity index (χ1) is 21.2. The lowest BCUT2D eigenvalue weighted by atomic mass is 10.00. The number of carbonyl (C=O) groups excluding carboxylic acids is 4. The Hall–Kier alpha value is -4.44. The summed E-state index contributed by atoms with van der Waals surface area (Å²) in [5.74, 6) is -4.04. The molecular formula is C29H46N8O8. The summed E-state index contributed by atoms with van der Waals surface area (Å²) in [5.41, 5.74) is 17.3. The third-order valence-electron chi connectivity index (χ3n) is 7.27. The van der Waals surface area contributed by atoms with Gasteiger partial charge in [0.25, 0.3) is 0 Å². The van der Waals surface area contributed by atoms with E-state index < -0.39 is 66.4 Å². The van der Waals surface area contributed by atoms with Crippen LogP contribution >= 0.6 is 0 Å². The van der Waals surface area contributed by atoms with Gasteiger partial charge < -0.3 is 53.4 Å². The fourth-order valence-electron chi connectivity index (χ4n) is 4.93. The Morgan fingerprint density at radius 1 is 1.00 bits per heavy atom. The number of carbonyl (C=O) groups is 5. The van der Waals surface area contributed by atoms with Crippen LogP contribution in [0.4, 0.5) is 0 Å². The number of aliphatic hydroxyl groups is 1. The van der Waals surface area contributed by atoms with E-state index >= 15 is 0 Å². The Morgan fingerprint density at radius 2 is 1.64 bits per heavy atom. The Bertz CT molecular complexity index is 1210. The molecule has 12 N–H and O–H groups in total. The van der Waals surface area contributed by atoms with Gasteiger partial charge in [-0.1, -0.05) is 26.0 Å². The maximum absolute atomic E-state index is 13.8. The molecule has 1 saturated heterocycles. The molecule has 1 heterocycles. The quantitative estimate of drug-likeness (QED) is 0.0508. The second-order valence-electron chi connectivity index (χ2n) is 11.4. The van der Waals surface area contributed by atoms with Crippen LogP contribution in [0.2, 0.25) is 0 Å². The molecule has 0 saturated carbocycles. The summed E-state index contributed by atoms with van der Waals surface area (Å²) in [5, 5.41) is 35.8. The lowest BCUT2D eigenvalue weighted by molar-refractivity contribution is -0.145. The predicted octanol–water partition coefficient (Wildman–Crippen LogP) is -2.12. The van der Waals surface area contributed by atoms with Gasteiger partial charge >= 0.3 is 5.97 Å². The topological polar surface area (TPSA) is 276 Å². The van der Waals surface area contributed by atoms with Gasteiger partial charge in [-0.2, -0.15) is 0 Å². The van der Waals surface area contributed by atoms with Crippen LogP contribution in [0.25, 0.3) is 0 Å². The van der Waals surface area contributed by atoms with Crippen molar-refractivity contribution in [1.82, 2.24) is 20.9 Å². The number of phenolic OH excluding ortho intramolecular Hbond substituents is 1. The third kappa shape index (κ3) is 11.9. The minimum absolute atomic E-state index is 0.0204. The summed E-state index contributed by atoms with van der Waals surface area (Å²) < 4.78 is 0. The van der Waals surface area contributed by atoms with Crippen molar-refractivity contribution in [1.29, 1.82) is 0 Å². The van der Waals surface area contributed by atoms with Gasteiger partial charge in [0.05, 0.1) is 12.6 Å². The zero-order valence-corrected chi connectivity index (χ0v) is 25.6. The van der Waals surface area contributed by atoms with Crippen LogP contribution in [0.5, 0.6) is 5.75 Å². The van der Waals surface area contributed by atoms with Crippen molar-refractivity contribution in [3.8, 4) is 5.75 Å². The minimum Gasteiger partial charge on any atom is -0.508 e. The van der Waals surface area contributed by atoms with Gasteiger partial charge in [-0.3, -0.25) is 24.2 Å². The first-order valence-electron chi connectivity index (χ1n) is 14.9. The monoisotopic (exact) mass is 634 g/mol. The molecule has 1 aromatic rings. The van der Waals surface area contributed by atoms with E-state index in [2.05, 4.69) is 20.9 Å². The fourth-order valence-corrected chi connectivity index (χ4v) is 4.93. The number of carboxylic acid groups (broad SMARTS) is 1. The van der Waals surface area contributed by atoms with Crippen LogP contribution in [-0.4, -0.2) is 106 Å². The predicted molar refractivity (Wildman–Crippen MR) is 164 cm³/mol. The van der Waals surface area contributed by atoms with Crippen molar-refractivity contribution in [2.75, 3.05) is 19.7 Å². The molecule has 0 aliphatic carbocycles. The number of nitrogens with one attached hydrogen (secondary N) is 3. The number of benzene rings is 1. The molecule has 4 amide bonds. The van der Waals surface area contributed by atoms with E-state index in [1.807, 2.05) is 13.8 Å². The van der Waals surface area contributed by atoms with Gasteiger partial charge in [0.15, 0.2) is 5.96 Å². The van der Waals surface area contributed by atoms with Crippen LogP contribution in [-0.2, 0) is 30.4 Å². The number of amides is 4. The summed E-state index contributed by atoms with van der Waals surface area (Å²) in [4.78, 5) is 69.8. The van der Waals surface area contributed by atoms with Gasteiger partial charge in [0, 0.05) is 19.5 Å². The number of carboxylic acids is 1. The zero-order valence-electron chi connectivity index (χ0n) is 25.6. The van der Waals surface area contributed by atoms with Gasteiger partial charge in [-0.05, 0) is 55.7 Å². The number of aliphatic imine (C=N–C) groups is 1. The second-order valence-corrected chi connectivity index (χ2v) is 11.4. The van der Waals surface area contributed by atoms with Gasteiger partial charge in [0.1, 0.15) is 29.9 Å². The molecular weight excluding hydrogens is 588 g/mol. The number of aromatic hydroxyl groups is 1. The Morgan fingerprint density at radius 3 is 2.22 bits per heavy atom. The number of hydrogen-bond acceptors (Lipinski definition) is 9. The number of hydrogen-bond donors (Lipinski definition) is 9. The Labute approximate surface area is 261 Å². The summed E-state index contributed by atoms with van der Waals surface area (Å²) in [6.07, 6.45) is 1.65. The maximum Gasteiger partial charge on any atom is 0.328 e. The van der Waals surface area contributed by atoms with Gasteiger partial charge in [-0.25, -0.2) is 4.79 Å². The minimum atomic E-state index is -1.52. The number of nitrogens with zero attached hydrogens (tertiary/aromatic N) is 2. The molecule has 45 heavy (non-hydrogen) atoms. The van der Waals surface area contributed by atoms with E-state index in [0.717, 1.165) is 0 Å². The number of aliphatic hydroxyl groups excluding tert-OH is 1. The molecule has 16 nitrogen and oxygen atoms in total. The third-order valence-corrected chi connectivity index (χ3v) is 7.27. The maximum atomic E-state index is 13.8. The van der Waals surface area contributed by atoms with E-state index in [-0.39, 0.29) is 56.4 Å². The molecule has 5 atom stereocenters. The van der Waals surface area contributed by atoms with E-state index in [0.29, 0.717) is 18.4 Å². The van der Waals surface area contributed by atoms with Crippen molar-refractivity contribution in [2.45, 2.75) is 82.6 Å². The highest BCUT2D eigenvalue weighted by Crippen LogP contribution is 2.21. The highest BCUT2D eigenvalue weighted by Gasteiger charge is 2.39. The number of nitrogens with two attached hydrogens (primary N) is 3. The molecule has 0 radical (unpaired) electrons. The van der Waals surface area contributed by atoms with Crippen LogP contribution < -0.4 is 33.2 Å². The largest absolute Gasteiger partial charge is 0.508 e. The van der Waals surface area contributed by atoms with Gasteiger partial charge in [0.2, 0.25) is 23.6 Å². The van der Waals surface area contributed by atoms with Crippen molar-refractivity contribution >= 4 is 35.6 Å². The summed E-state index contributed by atoms with van der Waals surface area (Å²) in [6.45, 7) is 3.38. The molecule has 1 aromatic carbocycles. The standard InChI is InChI=1S/C29H46N8O8/c1-16(2)13-21(27(43)37-12-4-6-23(37)26(42)36-22(15-38)28(44)45)35-25(41)20(14-17-7-9-18(39)10-8-17)34-24(40)19(30)5-3-11-33-29(31)32/h7-10,16,19-23,38-39H,3-6,11-15,30H2,1-2H3,(H,34,40)(H,35,41)(H,36,42)(H,44,45)(H4,31,32,33)/t19-,20-,21-,22-,23-/m0/s1. The molecule has 0 spiro atoms. The SMILES string of the molecule is CC(C)C[C@H](NC(=O)[C@H](Cc1ccc(O)cc1)NC(=O)[C@@H](N)CCCN=C(N)N)C(=O)N1CCC[C@H]1C(=O)N[C@@H](CO)C(=O)O. The lowest BCUT2D eigenvalue weighted by Crippen LogP contribution is -2.59. The van der Waals surface area contributed by atoms with Gasteiger partial charge in [-0.15, -0.1) is 0 Å². The number of phenols is 1. The molecule has 16 heteroatoms. The summed E-state index contributed by atoms with van der Waals surface area (Å²) in [6, 6.07) is 0.382. The highest BCUT2D eigenvalue weighted by atomic mass is 16.4. The highest BCUT2D eigenvalue weighted by molar-refractivity contribution is 5.96. The molecule has 1 aliphatic rings. The molecule has 1 fully saturated rings. The lowest BCUT2D eigenvalue weighted by Gasteiger charge is -2.31. The molecule has 1 aliphatic heterocycles.